The SMILES string of the molecule is Cc1c(Cl)ccc2cncc(C(C)(C)C)c12. The molecule has 0 saturated carbocycles. The van der Waals surface area contributed by atoms with Crippen molar-refractivity contribution in [3.05, 3.63) is 40.7 Å². The number of hydrogen-bond donors (Lipinski definition) is 0. The van der Waals surface area contributed by atoms with E-state index in [1.54, 1.807) is 0 Å². The number of nitrogens with zero attached hydrogens (tertiary/aromatic N) is 1. The molecule has 2 heteroatoms. The average molecular weight is 234 g/mol. The highest BCUT2D eigenvalue weighted by Gasteiger charge is 2.18. The number of rotatable bonds is 0. The molecule has 2 aromatic rings. The molecule has 0 amide bonds. The zero-order valence-electron chi connectivity index (χ0n) is 10.1. The van der Waals surface area contributed by atoms with Crippen LogP contribution in [0.3, 0.4) is 0 Å². The van der Waals surface area contributed by atoms with Crippen molar-refractivity contribution in [2.24, 2.45) is 0 Å². The molecule has 0 spiro atoms. The number of benzene rings is 1. The van der Waals surface area contributed by atoms with Crippen LogP contribution in [0.15, 0.2) is 24.5 Å². The molecule has 1 heterocycles. The van der Waals surface area contributed by atoms with Crippen LogP contribution in [-0.4, -0.2) is 4.98 Å². The Morgan fingerprint density at radius 2 is 1.81 bits per heavy atom. The smallest absolute Gasteiger partial charge is 0.0441 e. The van der Waals surface area contributed by atoms with Gasteiger partial charge >= 0.3 is 0 Å². The molecule has 0 bridgehead atoms. The molecule has 0 N–H and O–H groups in total. The lowest BCUT2D eigenvalue weighted by molar-refractivity contribution is 0.593. The topological polar surface area (TPSA) is 12.9 Å². The summed E-state index contributed by atoms with van der Waals surface area (Å²) in [6.45, 7) is 8.66. The van der Waals surface area contributed by atoms with Gasteiger partial charge in [-0.25, -0.2) is 0 Å². The lowest BCUT2D eigenvalue weighted by atomic mass is 9.84. The van der Waals surface area contributed by atoms with Gasteiger partial charge in [-0.15, -0.1) is 0 Å². The van der Waals surface area contributed by atoms with Gasteiger partial charge in [0.25, 0.3) is 0 Å². The largest absolute Gasteiger partial charge is 0.264 e. The van der Waals surface area contributed by atoms with Gasteiger partial charge in [-0.05, 0) is 34.9 Å². The van der Waals surface area contributed by atoms with E-state index in [4.69, 9.17) is 11.6 Å². The minimum absolute atomic E-state index is 0.0853. The summed E-state index contributed by atoms with van der Waals surface area (Å²) in [5, 5.41) is 3.23. The molecule has 0 aliphatic carbocycles. The van der Waals surface area contributed by atoms with Crippen LogP contribution in [-0.2, 0) is 5.41 Å². The monoisotopic (exact) mass is 233 g/mol. The van der Waals surface area contributed by atoms with Gasteiger partial charge < -0.3 is 0 Å². The number of pyridine rings is 1. The van der Waals surface area contributed by atoms with E-state index in [0.717, 1.165) is 16.0 Å². The second-order valence-corrected chi connectivity index (χ2v) is 5.61. The molecule has 1 aromatic heterocycles. The maximum absolute atomic E-state index is 6.19. The van der Waals surface area contributed by atoms with Crippen LogP contribution >= 0.6 is 11.6 Å². The van der Waals surface area contributed by atoms with E-state index in [-0.39, 0.29) is 5.41 Å². The average Bonchev–Trinajstić information content (AvgIpc) is 2.21. The molecule has 0 saturated heterocycles. The second-order valence-electron chi connectivity index (χ2n) is 5.21. The molecule has 0 aliphatic heterocycles. The minimum Gasteiger partial charge on any atom is -0.264 e. The summed E-state index contributed by atoms with van der Waals surface area (Å²) in [6, 6.07) is 3.97. The first kappa shape index (κ1) is 11.4. The van der Waals surface area contributed by atoms with E-state index >= 15 is 0 Å². The van der Waals surface area contributed by atoms with Gasteiger partial charge in [-0.1, -0.05) is 38.4 Å². The van der Waals surface area contributed by atoms with E-state index < -0.39 is 0 Å². The van der Waals surface area contributed by atoms with E-state index in [0.29, 0.717) is 0 Å². The van der Waals surface area contributed by atoms with Crippen molar-refractivity contribution < 1.29 is 0 Å². The Morgan fingerprint density at radius 1 is 1.12 bits per heavy atom. The number of hydrogen-bond acceptors (Lipinski definition) is 1. The standard InChI is InChI=1S/C14H16ClN/c1-9-12(15)6-5-10-7-16-8-11(13(9)10)14(2,3)4/h5-8H,1-4H3. The molecule has 84 valence electrons. The van der Waals surface area contributed by atoms with Crippen LogP contribution in [0, 0.1) is 6.92 Å². The molecule has 1 aromatic carbocycles. The third kappa shape index (κ3) is 1.80. The number of halogens is 1. The van der Waals surface area contributed by atoms with Crippen LogP contribution in [0.25, 0.3) is 10.8 Å². The Labute approximate surface area is 101 Å². The van der Waals surface area contributed by atoms with E-state index in [1.165, 1.54) is 10.9 Å². The Bertz CT molecular complexity index is 538. The summed E-state index contributed by atoms with van der Waals surface area (Å²) in [4.78, 5) is 4.31. The molecule has 0 atom stereocenters. The Balaban J connectivity index is 2.91. The number of aromatic nitrogens is 1. The first-order valence-corrected chi connectivity index (χ1v) is 5.82. The first-order valence-electron chi connectivity index (χ1n) is 5.44. The fourth-order valence-corrected chi connectivity index (χ4v) is 2.16. The van der Waals surface area contributed by atoms with E-state index in [2.05, 4.69) is 32.7 Å². The summed E-state index contributed by atoms with van der Waals surface area (Å²) < 4.78 is 0. The third-order valence-electron chi connectivity index (χ3n) is 2.93. The number of fused-ring (bicyclic) bond motifs is 1. The lowest BCUT2D eigenvalue weighted by Gasteiger charge is -2.22. The van der Waals surface area contributed by atoms with Gasteiger partial charge in [0.05, 0.1) is 0 Å². The van der Waals surface area contributed by atoms with Crippen LogP contribution < -0.4 is 0 Å². The highest BCUT2D eigenvalue weighted by Crippen LogP contribution is 2.33. The predicted molar refractivity (Wildman–Crippen MR) is 70.2 cm³/mol. The second kappa shape index (κ2) is 3.74. The Kier molecular flexibility index (Phi) is 2.67. The fourth-order valence-electron chi connectivity index (χ4n) is 2.00. The van der Waals surface area contributed by atoms with Crippen molar-refractivity contribution >= 4 is 22.4 Å². The summed E-state index contributed by atoms with van der Waals surface area (Å²) in [7, 11) is 0. The van der Waals surface area contributed by atoms with Gasteiger partial charge in [0.15, 0.2) is 0 Å². The van der Waals surface area contributed by atoms with Gasteiger partial charge in [0, 0.05) is 22.8 Å². The molecule has 0 unspecified atom stereocenters. The van der Waals surface area contributed by atoms with Gasteiger partial charge in [0.2, 0.25) is 0 Å². The maximum atomic E-state index is 6.19. The predicted octanol–water partition coefficient (Wildman–Crippen LogP) is 4.49. The minimum atomic E-state index is 0.0853. The van der Waals surface area contributed by atoms with Crippen molar-refractivity contribution in [1.82, 2.24) is 4.98 Å². The van der Waals surface area contributed by atoms with Gasteiger partial charge in [-0.3, -0.25) is 4.98 Å². The van der Waals surface area contributed by atoms with Gasteiger partial charge in [0.1, 0.15) is 0 Å². The number of aryl methyl sites for hydroxylation is 1. The zero-order chi connectivity index (χ0) is 11.9. The molecule has 1 nitrogen and oxygen atoms in total. The Morgan fingerprint density at radius 3 is 2.44 bits per heavy atom. The molecule has 0 radical (unpaired) electrons. The summed E-state index contributed by atoms with van der Waals surface area (Å²) in [6.07, 6.45) is 3.85. The summed E-state index contributed by atoms with van der Waals surface area (Å²) in [5.41, 5.74) is 2.48. The highest BCUT2D eigenvalue weighted by molar-refractivity contribution is 6.32. The van der Waals surface area contributed by atoms with E-state index in [1.807, 2.05) is 24.5 Å². The van der Waals surface area contributed by atoms with E-state index in [9.17, 15) is 0 Å². The fraction of sp³-hybridized carbons (Fsp3) is 0.357. The third-order valence-corrected chi connectivity index (χ3v) is 3.34. The lowest BCUT2D eigenvalue weighted by Crippen LogP contribution is -2.12. The summed E-state index contributed by atoms with van der Waals surface area (Å²) in [5.74, 6) is 0. The normalized spacial score (nSPS) is 12.1. The highest BCUT2D eigenvalue weighted by atomic mass is 35.5. The zero-order valence-corrected chi connectivity index (χ0v) is 10.9. The molecular formula is C14H16ClN. The molecular weight excluding hydrogens is 218 g/mol. The Hall–Kier alpha value is -1.08. The van der Waals surface area contributed by atoms with Crippen molar-refractivity contribution in [2.75, 3.05) is 0 Å². The van der Waals surface area contributed by atoms with Crippen molar-refractivity contribution in [1.29, 1.82) is 0 Å². The van der Waals surface area contributed by atoms with Crippen molar-refractivity contribution in [2.45, 2.75) is 33.1 Å². The van der Waals surface area contributed by atoms with Crippen LogP contribution in [0.2, 0.25) is 5.02 Å². The summed E-state index contributed by atoms with van der Waals surface area (Å²) >= 11 is 6.19. The van der Waals surface area contributed by atoms with Crippen LogP contribution in [0.4, 0.5) is 0 Å². The molecule has 2 rings (SSSR count). The molecule has 16 heavy (non-hydrogen) atoms. The van der Waals surface area contributed by atoms with Crippen molar-refractivity contribution in [3.8, 4) is 0 Å². The molecule has 0 aliphatic rings. The maximum Gasteiger partial charge on any atom is 0.0441 e. The van der Waals surface area contributed by atoms with Crippen molar-refractivity contribution in [3.63, 3.8) is 0 Å². The molecule has 0 fully saturated rings. The van der Waals surface area contributed by atoms with Gasteiger partial charge in [-0.2, -0.15) is 0 Å². The van der Waals surface area contributed by atoms with Crippen LogP contribution in [0.1, 0.15) is 31.9 Å². The quantitative estimate of drug-likeness (QED) is 0.653. The van der Waals surface area contributed by atoms with Crippen LogP contribution in [0.5, 0.6) is 0 Å². The first-order chi connectivity index (χ1) is 7.41.